The number of anilines is 1. The summed E-state index contributed by atoms with van der Waals surface area (Å²) in [4.78, 5) is 16.7. The fourth-order valence-corrected chi connectivity index (χ4v) is 4.72. The van der Waals surface area contributed by atoms with Crippen molar-refractivity contribution in [1.82, 2.24) is 10.3 Å². The molecule has 1 saturated carbocycles. The van der Waals surface area contributed by atoms with Gasteiger partial charge in [0.15, 0.2) is 0 Å². The summed E-state index contributed by atoms with van der Waals surface area (Å²) in [6.07, 6.45) is 0.511. The molecule has 0 saturated heterocycles. The summed E-state index contributed by atoms with van der Waals surface area (Å²) in [7, 11) is -1.83. The minimum atomic E-state index is -4.61. The first-order valence-electron chi connectivity index (χ1n) is 11.2. The molecule has 2 aromatic rings. The van der Waals surface area contributed by atoms with E-state index in [-0.39, 0.29) is 22.7 Å². The summed E-state index contributed by atoms with van der Waals surface area (Å²) in [6, 6.07) is 5.84. The fourth-order valence-electron chi connectivity index (χ4n) is 4.38. The SMILES string of the molecule is CC(C(=O)NC(N)(c1ccc(C(F)(F)F)nc1)C1CCCCC1)c1ccc(N(C)[SH](=O)=O)c(F)c1. The van der Waals surface area contributed by atoms with Crippen molar-refractivity contribution >= 4 is 22.5 Å². The molecule has 1 aliphatic carbocycles. The van der Waals surface area contributed by atoms with Gasteiger partial charge in [-0.15, -0.1) is 0 Å². The number of carbonyl (C=O) groups is 1. The Morgan fingerprint density at radius 3 is 2.34 bits per heavy atom. The van der Waals surface area contributed by atoms with E-state index in [4.69, 9.17) is 5.73 Å². The summed E-state index contributed by atoms with van der Waals surface area (Å²) in [5.74, 6) is -2.47. The first-order chi connectivity index (χ1) is 16.3. The zero-order valence-electron chi connectivity index (χ0n) is 19.3. The Kier molecular flexibility index (Phi) is 8.05. The summed E-state index contributed by atoms with van der Waals surface area (Å²) in [6.45, 7) is 1.54. The second-order valence-corrected chi connectivity index (χ2v) is 9.89. The number of halogens is 4. The van der Waals surface area contributed by atoms with E-state index in [0.29, 0.717) is 12.8 Å². The third-order valence-electron chi connectivity index (χ3n) is 6.57. The van der Waals surface area contributed by atoms with Crippen molar-refractivity contribution in [3.05, 3.63) is 59.2 Å². The zero-order valence-corrected chi connectivity index (χ0v) is 20.2. The average Bonchev–Trinajstić information content (AvgIpc) is 2.83. The van der Waals surface area contributed by atoms with Gasteiger partial charge in [-0.2, -0.15) is 13.2 Å². The van der Waals surface area contributed by atoms with Gasteiger partial charge in [0, 0.05) is 18.8 Å². The Bertz CT molecular complexity index is 1130. The topological polar surface area (TPSA) is 105 Å². The minimum Gasteiger partial charge on any atom is -0.333 e. The van der Waals surface area contributed by atoms with Crippen LogP contribution in [0.2, 0.25) is 0 Å². The Morgan fingerprint density at radius 1 is 1.17 bits per heavy atom. The molecule has 35 heavy (non-hydrogen) atoms. The van der Waals surface area contributed by atoms with E-state index in [2.05, 4.69) is 10.3 Å². The van der Waals surface area contributed by atoms with Crippen molar-refractivity contribution in [2.24, 2.45) is 11.7 Å². The second-order valence-electron chi connectivity index (χ2n) is 8.82. The van der Waals surface area contributed by atoms with Gasteiger partial charge in [0.05, 0.1) is 11.6 Å². The third-order valence-corrected chi connectivity index (χ3v) is 7.27. The molecule has 1 aliphatic rings. The van der Waals surface area contributed by atoms with Crippen molar-refractivity contribution in [3.8, 4) is 0 Å². The zero-order chi connectivity index (χ0) is 26.0. The van der Waals surface area contributed by atoms with Crippen LogP contribution in [0.15, 0.2) is 36.5 Å². The molecule has 2 unspecified atom stereocenters. The molecule has 12 heteroatoms. The van der Waals surface area contributed by atoms with Crippen LogP contribution in [0, 0.1) is 11.7 Å². The highest BCUT2D eigenvalue weighted by Gasteiger charge is 2.41. The molecule has 7 nitrogen and oxygen atoms in total. The van der Waals surface area contributed by atoms with Crippen molar-refractivity contribution < 1.29 is 30.8 Å². The Labute approximate surface area is 202 Å². The van der Waals surface area contributed by atoms with Crippen LogP contribution in [0.5, 0.6) is 0 Å². The van der Waals surface area contributed by atoms with Crippen LogP contribution in [0.25, 0.3) is 0 Å². The van der Waals surface area contributed by atoms with Crippen LogP contribution in [0.3, 0.4) is 0 Å². The summed E-state index contributed by atoms with van der Waals surface area (Å²) < 4.78 is 76.6. The van der Waals surface area contributed by atoms with Gasteiger partial charge in [0.2, 0.25) is 16.8 Å². The Morgan fingerprint density at radius 2 is 1.83 bits per heavy atom. The molecule has 1 heterocycles. The van der Waals surface area contributed by atoms with Crippen molar-refractivity contribution in [3.63, 3.8) is 0 Å². The van der Waals surface area contributed by atoms with E-state index in [1.54, 1.807) is 0 Å². The molecule has 1 fully saturated rings. The maximum atomic E-state index is 14.5. The number of hydrogen-bond donors (Lipinski definition) is 3. The van der Waals surface area contributed by atoms with E-state index < -0.39 is 46.1 Å². The highest BCUT2D eigenvalue weighted by Crippen LogP contribution is 2.37. The quantitative estimate of drug-likeness (QED) is 0.295. The molecule has 192 valence electrons. The predicted octanol–water partition coefficient (Wildman–Crippen LogP) is 3.81. The number of alkyl halides is 3. The van der Waals surface area contributed by atoms with Gasteiger partial charge in [0.1, 0.15) is 17.2 Å². The number of nitrogens with zero attached hydrogens (tertiary/aromatic N) is 2. The smallest absolute Gasteiger partial charge is 0.333 e. The van der Waals surface area contributed by atoms with Crippen LogP contribution in [-0.2, 0) is 27.5 Å². The van der Waals surface area contributed by atoms with Gasteiger partial charge in [-0.05, 0) is 49.4 Å². The van der Waals surface area contributed by atoms with Gasteiger partial charge in [-0.25, -0.2) is 12.8 Å². The molecule has 0 aliphatic heterocycles. The monoisotopic (exact) mass is 516 g/mol. The first kappa shape index (κ1) is 26.9. The summed E-state index contributed by atoms with van der Waals surface area (Å²) in [5, 5.41) is 2.80. The molecule has 1 aromatic heterocycles. The minimum absolute atomic E-state index is 0.163. The van der Waals surface area contributed by atoms with Gasteiger partial charge >= 0.3 is 6.18 Å². The van der Waals surface area contributed by atoms with Crippen molar-refractivity contribution in [2.45, 2.75) is 56.8 Å². The highest BCUT2D eigenvalue weighted by molar-refractivity contribution is 7.74. The molecular weight excluding hydrogens is 488 g/mol. The Hall–Kier alpha value is -2.73. The maximum Gasteiger partial charge on any atom is 0.433 e. The van der Waals surface area contributed by atoms with E-state index in [1.165, 1.54) is 32.2 Å². The molecule has 0 bridgehead atoms. The van der Waals surface area contributed by atoms with Crippen LogP contribution in [0.1, 0.15) is 61.8 Å². The number of rotatable bonds is 7. The number of thiol groups is 1. The standard InChI is InChI=1S/C23H28F4N4O3S/c1-14(15-8-10-19(18(24)12-15)31(2)35(33)34)21(32)30-22(28,16-6-4-3-5-7-16)17-9-11-20(29-13-17)23(25,26)27/h8-14,16,35H,3-7,28H2,1-2H3,(H,30,32). The van der Waals surface area contributed by atoms with Gasteiger partial charge < -0.3 is 11.1 Å². The van der Waals surface area contributed by atoms with Gasteiger partial charge in [-0.3, -0.25) is 14.1 Å². The molecule has 1 amide bonds. The van der Waals surface area contributed by atoms with Crippen LogP contribution < -0.4 is 15.4 Å². The maximum absolute atomic E-state index is 14.5. The number of carbonyl (C=O) groups excluding carboxylic acids is 1. The average molecular weight is 517 g/mol. The molecular formula is C23H28F4N4O3S. The van der Waals surface area contributed by atoms with E-state index in [1.807, 2.05) is 0 Å². The molecule has 3 N–H and O–H groups in total. The lowest BCUT2D eigenvalue weighted by atomic mass is 9.76. The summed E-state index contributed by atoms with van der Waals surface area (Å²) >= 11 is 0. The number of hydrogen-bond acceptors (Lipinski definition) is 5. The number of benzene rings is 1. The van der Waals surface area contributed by atoms with E-state index in [9.17, 15) is 30.8 Å². The molecule has 0 radical (unpaired) electrons. The normalized spacial score (nSPS) is 17.6. The molecule has 3 rings (SSSR count). The Balaban J connectivity index is 1.90. The lowest BCUT2D eigenvalue weighted by Gasteiger charge is -2.41. The van der Waals surface area contributed by atoms with Crippen LogP contribution in [0.4, 0.5) is 23.2 Å². The van der Waals surface area contributed by atoms with E-state index >= 15 is 0 Å². The second kappa shape index (κ2) is 10.5. The fraction of sp³-hybridized carbons (Fsp3) is 0.478. The summed E-state index contributed by atoms with van der Waals surface area (Å²) in [5.41, 5.74) is 4.54. The van der Waals surface area contributed by atoms with Crippen molar-refractivity contribution in [2.75, 3.05) is 11.4 Å². The predicted molar refractivity (Wildman–Crippen MR) is 123 cm³/mol. The number of nitrogens with two attached hydrogens (primary N) is 1. The molecule has 2 atom stereocenters. The number of amides is 1. The van der Waals surface area contributed by atoms with Crippen LogP contribution in [-0.4, -0.2) is 26.4 Å². The van der Waals surface area contributed by atoms with Crippen molar-refractivity contribution in [1.29, 1.82) is 0 Å². The number of pyridine rings is 1. The number of nitrogens with one attached hydrogen (secondary N) is 1. The molecule has 0 spiro atoms. The third kappa shape index (κ3) is 5.92. The number of aromatic nitrogens is 1. The first-order valence-corrected chi connectivity index (χ1v) is 12.3. The lowest BCUT2D eigenvalue weighted by molar-refractivity contribution is -0.141. The highest BCUT2D eigenvalue weighted by atomic mass is 32.2. The van der Waals surface area contributed by atoms with Gasteiger partial charge in [-0.1, -0.05) is 31.4 Å². The van der Waals surface area contributed by atoms with Crippen LogP contribution >= 0.6 is 0 Å². The molecule has 1 aromatic carbocycles. The largest absolute Gasteiger partial charge is 0.433 e. The lowest BCUT2D eigenvalue weighted by Crippen LogP contribution is -2.59. The van der Waals surface area contributed by atoms with E-state index in [0.717, 1.165) is 41.9 Å². The van der Waals surface area contributed by atoms with Gasteiger partial charge in [0.25, 0.3) is 0 Å².